The first kappa shape index (κ1) is 12.3. The van der Waals surface area contributed by atoms with Gasteiger partial charge in [-0.25, -0.2) is 0 Å². The lowest BCUT2D eigenvalue weighted by Crippen LogP contribution is -2.31. The summed E-state index contributed by atoms with van der Waals surface area (Å²) in [7, 11) is 0. The van der Waals surface area contributed by atoms with Crippen molar-refractivity contribution in [1.29, 1.82) is 0 Å². The highest BCUT2D eigenvalue weighted by molar-refractivity contribution is 14.1. The van der Waals surface area contributed by atoms with Crippen LogP contribution in [0.15, 0.2) is 0 Å². The van der Waals surface area contributed by atoms with E-state index in [4.69, 9.17) is 0 Å². The molecule has 72 valence electrons. The SMILES string of the molecule is CCC(CCS(=O)[O-])NC(=O)I. The van der Waals surface area contributed by atoms with Gasteiger partial charge in [-0.15, -0.1) is 0 Å². The zero-order valence-corrected chi connectivity index (χ0v) is 9.68. The first-order chi connectivity index (χ1) is 5.56. The molecule has 6 heteroatoms. The number of halogens is 1. The van der Waals surface area contributed by atoms with E-state index in [2.05, 4.69) is 5.32 Å². The Morgan fingerprint density at radius 2 is 2.33 bits per heavy atom. The second kappa shape index (κ2) is 6.79. The van der Waals surface area contributed by atoms with Gasteiger partial charge in [0.2, 0.25) is 0 Å². The summed E-state index contributed by atoms with van der Waals surface area (Å²) in [4.78, 5) is 10.6. The van der Waals surface area contributed by atoms with Crippen molar-refractivity contribution >= 4 is 37.6 Å². The fourth-order valence-electron chi connectivity index (χ4n) is 0.777. The molecule has 0 aliphatic heterocycles. The molecule has 2 unspecified atom stereocenters. The van der Waals surface area contributed by atoms with Crippen molar-refractivity contribution < 1.29 is 13.6 Å². The molecule has 0 radical (unpaired) electrons. The van der Waals surface area contributed by atoms with Crippen LogP contribution in [-0.2, 0) is 11.1 Å². The van der Waals surface area contributed by atoms with E-state index in [1.165, 1.54) is 0 Å². The van der Waals surface area contributed by atoms with Gasteiger partial charge < -0.3 is 9.87 Å². The van der Waals surface area contributed by atoms with Crippen LogP contribution >= 0.6 is 22.6 Å². The third kappa shape index (κ3) is 6.99. The molecular formula is C6H11INO3S-. The quantitative estimate of drug-likeness (QED) is 0.359. The zero-order valence-electron chi connectivity index (χ0n) is 6.71. The third-order valence-corrected chi connectivity index (χ3v) is 2.32. The first-order valence-electron chi connectivity index (χ1n) is 3.58. The third-order valence-electron chi connectivity index (χ3n) is 1.44. The lowest BCUT2D eigenvalue weighted by atomic mass is 10.2. The monoisotopic (exact) mass is 304 g/mol. The van der Waals surface area contributed by atoms with Gasteiger partial charge in [0.05, 0.1) is 0 Å². The smallest absolute Gasteiger partial charge is 0.280 e. The largest absolute Gasteiger partial charge is 0.772 e. The molecule has 0 aliphatic rings. The average Bonchev–Trinajstić information content (AvgIpc) is 1.97. The van der Waals surface area contributed by atoms with E-state index >= 15 is 0 Å². The van der Waals surface area contributed by atoms with Crippen molar-refractivity contribution in [3.05, 3.63) is 0 Å². The predicted octanol–water partition coefficient (Wildman–Crippen LogP) is 1.18. The Morgan fingerprint density at radius 1 is 1.75 bits per heavy atom. The average molecular weight is 304 g/mol. The van der Waals surface area contributed by atoms with Crippen LogP contribution in [0.1, 0.15) is 19.8 Å². The standard InChI is InChI=1S/C6H12INO3S/c1-2-5(8-6(7)9)3-4-12(10)11/h5H,2-4H2,1H3,(H,8,9)(H,10,11)/p-1. The first-order valence-corrected chi connectivity index (χ1v) is 5.90. The summed E-state index contributed by atoms with van der Waals surface area (Å²) in [6, 6.07) is -0.0210. The van der Waals surface area contributed by atoms with Gasteiger partial charge in [-0.05, 0) is 12.8 Å². The Bertz CT molecular complexity index is 176. The summed E-state index contributed by atoms with van der Waals surface area (Å²) in [6.45, 7) is 1.91. The Labute approximate surface area is 87.9 Å². The fraction of sp³-hybridized carbons (Fsp3) is 0.833. The Balaban J connectivity index is 3.67. The second-order valence-electron chi connectivity index (χ2n) is 2.32. The molecule has 0 saturated heterocycles. The van der Waals surface area contributed by atoms with Gasteiger partial charge in [-0.1, -0.05) is 18.0 Å². The van der Waals surface area contributed by atoms with Crippen molar-refractivity contribution in [3.8, 4) is 0 Å². The van der Waals surface area contributed by atoms with E-state index in [9.17, 15) is 13.6 Å². The molecule has 0 aromatic carbocycles. The van der Waals surface area contributed by atoms with E-state index in [1.54, 1.807) is 22.6 Å². The molecule has 1 amide bonds. The van der Waals surface area contributed by atoms with E-state index in [1.807, 2.05) is 6.92 Å². The summed E-state index contributed by atoms with van der Waals surface area (Å²) in [6.07, 6.45) is 1.24. The maximum absolute atomic E-state index is 10.6. The topological polar surface area (TPSA) is 69.2 Å². The molecule has 0 heterocycles. The van der Waals surface area contributed by atoms with Crippen molar-refractivity contribution in [2.24, 2.45) is 0 Å². The van der Waals surface area contributed by atoms with Crippen molar-refractivity contribution in [2.75, 3.05) is 5.75 Å². The minimum atomic E-state index is -2.01. The van der Waals surface area contributed by atoms with E-state index in [0.29, 0.717) is 6.42 Å². The highest BCUT2D eigenvalue weighted by Crippen LogP contribution is 2.00. The van der Waals surface area contributed by atoms with Gasteiger partial charge in [-0.3, -0.25) is 9.00 Å². The Morgan fingerprint density at radius 3 is 2.67 bits per heavy atom. The van der Waals surface area contributed by atoms with Crippen LogP contribution < -0.4 is 5.32 Å². The maximum Gasteiger partial charge on any atom is 0.280 e. The van der Waals surface area contributed by atoms with E-state index in [0.717, 1.165) is 6.42 Å². The van der Waals surface area contributed by atoms with Gasteiger partial charge in [0.15, 0.2) is 0 Å². The van der Waals surface area contributed by atoms with Gasteiger partial charge in [0.25, 0.3) is 3.91 Å². The van der Waals surface area contributed by atoms with Gasteiger partial charge in [0, 0.05) is 34.4 Å². The number of hydrogen-bond donors (Lipinski definition) is 1. The molecule has 0 aromatic heterocycles. The van der Waals surface area contributed by atoms with Crippen molar-refractivity contribution in [3.63, 3.8) is 0 Å². The molecule has 0 saturated carbocycles. The summed E-state index contributed by atoms with van der Waals surface area (Å²) >= 11 is -0.372. The number of rotatable bonds is 5. The molecule has 1 N–H and O–H groups in total. The molecule has 0 rings (SSSR count). The fourth-order valence-corrected chi connectivity index (χ4v) is 1.69. The normalized spacial score (nSPS) is 15.2. The highest BCUT2D eigenvalue weighted by Gasteiger charge is 2.06. The molecule has 0 aromatic rings. The number of carbonyl (C=O) groups excluding carboxylic acids is 1. The predicted molar refractivity (Wildman–Crippen MR) is 55.0 cm³/mol. The summed E-state index contributed by atoms with van der Waals surface area (Å²) < 4.78 is 20.2. The maximum atomic E-state index is 10.6. The molecule has 0 fully saturated rings. The van der Waals surface area contributed by atoms with Crippen LogP contribution in [0.2, 0.25) is 0 Å². The number of hydrogen-bond acceptors (Lipinski definition) is 3. The Kier molecular flexibility index (Phi) is 6.96. The van der Waals surface area contributed by atoms with Crippen LogP contribution in [0.3, 0.4) is 0 Å². The summed E-state index contributed by atoms with van der Waals surface area (Å²) in [5.74, 6) is 0.107. The molecule has 4 nitrogen and oxygen atoms in total. The van der Waals surface area contributed by atoms with Gasteiger partial charge >= 0.3 is 0 Å². The van der Waals surface area contributed by atoms with E-state index in [-0.39, 0.29) is 15.7 Å². The van der Waals surface area contributed by atoms with Gasteiger partial charge in [-0.2, -0.15) is 0 Å². The number of nitrogens with one attached hydrogen (secondary N) is 1. The van der Waals surface area contributed by atoms with Gasteiger partial charge in [0.1, 0.15) is 0 Å². The minimum Gasteiger partial charge on any atom is -0.772 e. The van der Waals surface area contributed by atoms with Crippen molar-refractivity contribution in [1.82, 2.24) is 5.32 Å². The molecule has 12 heavy (non-hydrogen) atoms. The lowest BCUT2D eigenvalue weighted by Gasteiger charge is -2.15. The molecule has 0 spiro atoms. The highest BCUT2D eigenvalue weighted by atomic mass is 127. The molecular weight excluding hydrogens is 293 g/mol. The molecule has 2 atom stereocenters. The number of amides is 1. The lowest BCUT2D eigenvalue weighted by molar-refractivity contribution is 0.259. The van der Waals surface area contributed by atoms with Crippen molar-refractivity contribution in [2.45, 2.75) is 25.8 Å². The summed E-state index contributed by atoms with van der Waals surface area (Å²) in [5.41, 5.74) is 0. The van der Waals surface area contributed by atoms with Crippen LogP contribution in [0.4, 0.5) is 4.79 Å². The van der Waals surface area contributed by atoms with Crippen LogP contribution in [0, 0.1) is 0 Å². The van der Waals surface area contributed by atoms with Crippen LogP contribution in [0.25, 0.3) is 0 Å². The minimum absolute atomic E-state index is 0.0210. The number of carbonyl (C=O) groups is 1. The summed E-state index contributed by atoms with van der Waals surface area (Å²) in [5, 5.41) is 2.66. The van der Waals surface area contributed by atoms with Crippen LogP contribution in [-0.4, -0.2) is 24.5 Å². The zero-order chi connectivity index (χ0) is 9.56. The van der Waals surface area contributed by atoms with E-state index < -0.39 is 11.1 Å². The molecule has 0 bridgehead atoms. The second-order valence-corrected chi connectivity index (χ2v) is 4.32. The van der Waals surface area contributed by atoms with Crippen LogP contribution in [0.5, 0.6) is 0 Å². The molecule has 0 aliphatic carbocycles. The Hall–Kier alpha value is 0.310.